The minimum atomic E-state index is 0.334. The minimum Gasteiger partial charge on any atom is -0.353 e. The third-order valence-corrected chi connectivity index (χ3v) is 7.43. The molecule has 1 N–H and O–H groups in total. The van der Waals surface area contributed by atoms with Crippen LogP contribution in [-0.2, 0) is 17.8 Å². The molecule has 0 aliphatic carbocycles. The van der Waals surface area contributed by atoms with Crippen LogP contribution in [0.1, 0.15) is 49.0 Å². The molecule has 3 aliphatic heterocycles. The highest BCUT2D eigenvalue weighted by molar-refractivity contribution is 7.19. The summed E-state index contributed by atoms with van der Waals surface area (Å²) in [6.07, 6.45) is 9.30. The zero-order valence-electron chi connectivity index (χ0n) is 15.7. The predicted molar refractivity (Wildman–Crippen MR) is 108 cm³/mol. The molecule has 144 valence electrons. The smallest absolute Gasteiger partial charge is 0.222 e. The quantitative estimate of drug-likeness (QED) is 0.877. The number of aromatic nitrogens is 2. The number of anilines is 1. The van der Waals surface area contributed by atoms with Gasteiger partial charge in [0.25, 0.3) is 0 Å². The summed E-state index contributed by atoms with van der Waals surface area (Å²) >= 11 is 1.82. The zero-order chi connectivity index (χ0) is 18.2. The zero-order valence-corrected chi connectivity index (χ0v) is 16.6. The number of carbonyl (C=O) groups is 1. The van der Waals surface area contributed by atoms with Crippen LogP contribution in [0.2, 0.25) is 0 Å². The number of nitrogens with one attached hydrogen (secondary N) is 1. The summed E-state index contributed by atoms with van der Waals surface area (Å²) in [5.41, 5.74) is 1.46. The third kappa shape index (κ3) is 3.21. The summed E-state index contributed by atoms with van der Waals surface area (Å²) < 4.78 is 0. The third-order valence-electron chi connectivity index (χ3n) is 6.29. The molecule has 1 amide bonds. The SMILES string of the molecule is O=C1CCCN1CC[C@@H]1CCCCN1c1ncnc2sc3c(c12)CCNC3. The lowest BCUT2D eigenvalue weighted by atomic mass is 9.98. The number of thiophene rings is 1. The van der Waals surface area contributed by atoms with E-state index in [2.05, 4.69) is 20.1 Å². The molecule has 5 rings (SSSR count). The first-order chi connectivity index (χ1) is 13.3. The molecule has 0 saturated carbocycles. The van der Waals surface area contributed by atoms with Crippen LogP contribution in [-0.4, -0.2) is 53.0 Å². The highest BCUT2D eigenvalue weighted by atomic mass is 32.1. The summed E-state index contributed by atoms with van der Waals surface area (Å²) in [4.78, 5) is 28.5. The molecular weight excluding hydrogens is 358 g/mol. The second-order valence-electron chi connectivity index (χ2n) is 7.92. The largest absolute Gasteiger partial charge is 0.353 e. The van der Waals surface area contributed by atoms with Crippen molar-refractivity contribution in [2.24, 2.45) is 0 Å². The van der Waals surface area contributed by atoms with Crippen molar-refractivity contribution >= 4 is 33.3 Å². The van der Waals surface area contributed by atoms with Crippen LogP contribution in [0.4, 0.5) is 5.82 Å². The molecule has 2 saturated heterocycles. The Morgan fingerprint density at radius 1 is 1.19 bits per heavy atom. The van der Waals surface area contributed by atoms with E-state index in [9.17, 15) is 4.79 Å². The molecule has 2 aromatic rings. The molecule has 0 aromatic carbocycles. The number of nitrogens with zero attached hydrogens (tertiary/aromatic N) is 4. The Balaban J connectivity index is 1.44. The summed E-state index contributed by atoms with van der Waals surface area (Å²) in [7, 11) is 0. The van der Waals surface area contributed by atoms with E-state index in [1.807, 2.05) is 11.3 Å². The van der Waals surface area contributed by atoms with Crippen LogP contribution >= 0.6 is 11.3 Å². The van der Waals surface area contributed by atoms with E-state index in [4.69, 9.17) is 4.98 Å². The van der Waals surface area contributed by atoms with E-state index in [1.165, 1.54) is 35.1 Å². The van der Waals surface area contributed by atoms with E-state index in [0.29, 0.717) is 11.9 Å². The van der Waals surface area contributed by atoms with Crippen LogP contribution in [0.15, 0.2) is 6.33 Å². The van der Waals surface area contributed by atoms with Crippen LogP contribution in [0, 0.1) is 0 Å². The molecule has 0 radical (unpaired) electrons. The lowest BCUT2D eigenvalue weighted by molar-refractivity contribution is -0.127. The van der Waals surface area contributed by atoms with Crippen molar-refractivity contribution in [2.45, 2.75) is 57.5 Å². The van der Waals surface area contributed by atoms with Gasteiger partial charge in [0, 0.05) is 43.5 Å². The summed E-state index contributed by atoms with van der Waals surface area (Å²) in [6, 6.07) is 0.475. The molecule has 2 aromatic heterocycles. The topological polar surface area (TPSA) is 61.4 Å². The van der Waals surface area contributed by atoms with Gasteiger partial charge in [-0.3, -0.25) is 4.79 Å². The Morgan fingerprint density at radius 3 is 3.04 bits per heavy atom. The molecule has 27 heavy (non-hydrogen) atoms. The number of carbonyl (C=O) groups excluding carboxylic acids is 1. The van der Waals surface area contributed by atoms with E-state index in [1.54, 1.807) is 6.33 Å². The van der Waals surface area contributed by atoms with Gasteiger partial charge in [0.2, 0.25) is 5.91 Å². The summed E-state index contributed by atoms with van der Waals surface area (Å²) in [6.45, 7) is 4.88. The van der Waals surface area contributed by atoms with Crippen LogP contribution in [0.25, 0.3) is 10.2 Å². The van der Waals surface area contributed by atoms with Crippen LogP contribution in [0.5, 0.6) is 0 Å². The van der Waals surface area contributed by atoms with Gasteiger partial charge in [-0.05, 0) is 50.6 Å². The van der Waals surface area contributed by atoms with E-state index in [0.717, 1.165) is 69.1 Å². The fourth-order valence-electron chi connectivity index (χ4n) is 4.88. The van der Waals surface area contributed by atoms with Crippen LogP contribution < -0.4 is 10.2 Å². The number of hydrogen-bond acceptors (Lipinski definition) is 6. The lowest BCUT2D eigenvalue weighted by Gasteiger charge is -2.38. The van der Waals surface area contributed by atoms with Gasteiger partial charge >= 0.3 is 0 Å². The summed E-state index contributed by atoms with van der Waals surface area (Å²) in [5, 5.41) is 4.77. The molecule has 5 heterocycles. The first-order valence-corrected chi connectivity index (χ1v) is 11.1. The Kier molecular flexibility index (Phi) is 4.73. The molecule has 6 nitrogen and oxygen atoms in total. The fraction of sp³-hybridized carbons (Fsp3) is 0.650. The molecular formula is C20H27N5OS. The Bertz CT molecular complexity index is 850. The van der Waals surface area contributed by atoms with E-state index < -0.39 is 0 Å². The molecule has 3 aliphatic rings. The Morgan fingerprint density at radius 2 is 2.15 bits per heavy atom. The van der Waals surface area contributed by atoms with Crippen molar-refractivity contribution in [1.29, 1.82) is 0 Å². The van der Waals surface area contributed by atoms with Crippen molar-refractivity contribution in [1.82, 2.24) is 20.2 Å². The number of fused-ring (bicyclic) bond motifs is 3. The maximum Gasteiger partial charge on any atom is 0.222 e. The van der Waals surface area contributed by atoms with E-state index in [-0.39, 0.29) is 0 Å². The Labute approximate surface area is 164 Å². The van der Waals surface area contributed by atoms with Gasteiger partial charge in [-0.1, -0.05) is 0 Å². The van der Waals surface area contributed by atoms with Gasteiger partial charge in [-0.2, -0.15) is 0 Å². The van der Waals surface area contributed by atoms with Gasteiger partial charge in [0.15, 0.2) is 0 Å². The average molecular weight is 386 g/mol. The minimum absolute atomic E-state index is 0.334. The standard InChI is InChI=1S/C20H27N5OS/c26-17-5-3-9-24(17)11-7-14-4-1-2-10-25(14)19-18-15-6-8-21-12-16(15)27-20(18)23-13-22-19/h13-14,21H,1-12H2/t14-/m0/s1. The molecule has 0 unspecified atom stereocenters. The number of rotatable bonds is 4. The molecule has 7 heteroatoms. The second-order valence-corrected chi connectivity index (χ2v) is 9.01. The molecule has 0 spiro atoms. The fourth-order valence-corrected chi connectivity index (χ4v) is 6.04. The molecule has 1 atom stereocenters. The summed E-state index contributed by atoms with van der Waals surface area (Å²) in [5.74, 6) is 1.47. The van der Waals surface area contributed by atoms with Crippen molar-refractivity contribution in [3.63, 3.8) is 0 Å². The van der Waals surface area contributed by atoms with Crippen molar-refractivity contribution in [3.8, 4) is 0 Å². The first-order valence-electron chi connectivity index (χ1n) is 10.3. The monoisotopic (exact) mass is 385 g/mol. The maximum absolute atomic E-state index is 12.0. The molecule has 0 bridgehead atoms. The van der Waals surface area contributed by atoms with Crippen molar-refractivity contribution < 1.29 is 4.79 Å². The van der Waals surface area contributed by atoms with Crippen LogP contribution in [0.3, 0.4) is 0 Å². The highest BCUT2D eigenvalue weighted by Gasteiger charge is 2.29. The van der Waals surface area contributed by atoms with Gasteiger partial charge in [0.1, 0.15) is 17.0 Å². The van der Waals surface area contributed by atoms with Gasteiger partial charge < -0.3 is 15.1 Å². The number of amides is 1. The van der Waals surface area contributed by atoms with Gasteiger partial charge in [-0.15, -0.1) is 11.3 Å². The van der Waals surface area contributed by atoms with Crippen molar-refractivity contribution in [3.05, 3.63) is 16.8 Å². The normalized spacial score (nSPS) is 23.3. The number of piperidine rings is 1. The lowest BCUT2D eigenvalue weighted by Crippen LogP contribution is -2.42. The van der Waals surface area contributed by atoms with Gasteiger partial charge in [-0.25, -0.2) is 9.97 Å². The average Bonchev–Trinajstić information content (AvgIpc) is 3.29. The Hall–Kier alpha value is -1.73. The molecule has 2 fully saturated rings. The van der Waals surface area contributed by atoms with Crippen molar-refractivity contribution in [2.75, 3.05) is 31.1 Å². The predicted octanol–water partition coefficient (Wildman–Crippen LogP) is 2.71. The number of hydrogen-bond donors (Lipinski definition) is 1. The number of likely N-dealkylation sites (tertiary alicyclic amines) is 1. The second kappa shape index (κ2) is 7.36. The maximum atomic E-state index is 12.0. The first kappa shape index (κ1) is 17.4. The highest BCUT2D eigenvalue weighted by Crippen LogP contribution is 2.39. The van der Waals surface area contributed by atoms with E-state index >= 15 is 0 Å². The van der Waals surface area contributed by atoms with Gasteiger partial charge in [0.05, 0.1) is 5.39 Å².